The van der Waals surface area contributed by atoms with Crippen LogP contribution in [0.3, 0.4) is 0 Å². The zero-order valence-electron chi connectivity index (χ0n) is 10.2. The van der Waals surface area contributed by atoms with Crippen molar-refractivity contribution >= 4 is 12.0 Å². The van der Waals surface area contributed by atoms with Crippen LogP contribution in [-0.2, 0) is 14.4 Å². The van der Waals surface area contributed by atoms with E-state index in [0.717, 1.165) is 0 Å². The van der Waals surface area contributed by atoms with Gasteiger partial charge in [-0.05, 0) is 0 Å². The van der Waals surface area contributed by atoms with Crippen molar-refractivity contribution in [2.24, 2.45) is 0 Å². The van der Waals surface area contributed by atoms with Gasteiger partial charge in [0.2, 0.25) is 0 Å². The van der Waals surface area contributed by atoms with E-state index in [-0.39, 0.29) is 6.54 Å². The van der Waals surface area contributed by atoms with Crippen LogP contribution in [0.1, 0.15) is 12.8 Å². The van der Waals surface area contributed by atoms with E-state index in [0.29, 0.717) is 26.1 Å². The highest BCUT2D eigenvalue weighted by molar-refractivity contribution is 5.73. The second-order valence-electron chi connectivity index (χ2n) is 4.28. The van der Waals surface area contributed by atoms with Crippen LogP contribution in [-0.4, -0.2) is 66.1 Å². The molecule has 0 unspecified atom stereocenters. The molecular formula is C10H18N2O6. The number of aliphatic carboxylic acids is 1. The molecule has 8 nitrogen and oxygen atoms in total. The molecule has 0 saturated carbocycles. The Morgan fingerprint density at radius 3 is 2.61 bits per heavy atom. The minimum Gasteiger partial charge on any atom is -0.479 e. The Morgan fingerprint density at radius 2 is 2.06 bits per heavy atom. The summed E-state index contributed by atoms with van der Waals surface area (Å²) in [7, 11) is 1.49. The van der Waals surface area contributed by atoms with Gasteiger partial charge in [0.25, 0.3) is 0 Å². The van der Waals surface area contributed by atoms with Crippen LogP contribution in [0.2, 0.25) is 0 Å². The highest BCUT2D eigenvalue weighted by Crippen LogP contribution is 2.21. The number of rotatable bonds is 5. The summed E-state index contributed by atoms with van der Waals surface area (Å²) in [5.41, 5.74) is 1.02. The number of carbonyl (C=O) groups excluding carboxylic acids is 1. The number of amides is 2. The molecule has 0 aliphatic carbocycles. The van der Waals surface area contributed by atoms with Crippen LogP contribution >= 0.6 is 0 Å². The number of likely N-dealkylation sites (N-methyl/N-ethyl adjacent to an activating group) is 1. The quantitative estimate of drug-likeness (QED) is 0.559. The van der Waals surface area contributed by atoms with Gasteiger partial charge in [0.15, 0.2) is 6.61 Å². The number of nitrogens with zero attached hydrogens (tertiary/aromatic N) is 1. The number of hydrogen-bond donors (Lipinski definition) is 3. The van der Waals surface area contributed by atoms with Gasteiger partial charge in [0.05, 0.1) is 12.1 Å². The number of carboxylic acid groups (broad SMARTS) is 1. The first-order valence-corrected chi connectivity index (χ1v) is 5.58. The number of nitrogens with one attached hydrogen (secondary N) is 1. The third-order valence-corrected chi connectivity index (χ3v) is 2.66. The first-order valence-electron chi connectivity index (χ1n) is 5.58. The summed E-state index contributed by atoms with van der Waals surface area (Å²) in [6, 6.07) is -0.601. The molecular weight excluding hydrogens is 244 g/mol. The van der Waals surface area contributed by atoms with Gasteiger partial charge >= 0.3 is 12.0 Å². The predicted octanol–water partition coefficient (Wildman–Crippen LogP) is -0.814. The van der Waals surface area contributed by atoms with Gasteiger partial charge in [-0.15, -0.1) is 0 Å². The molecule has 0 aromatic rings. The summed E-state index contributed by atoms with van der Waals surface area (Å²) in [6.45, 7) is 0.444. The number of urea groups is 1. The fourth-order valence-corrected chi connectivity index (χ4v) is 1.66. The van der Waals surface area contributed by atoms with E-state index in [9.17, 15) is 14.7 Å². The van der Waals surface area contributed by atoms with E-state index >= 15 is 0 Å². The Balaban J connectivity index is 2.32. The van der Waals surface area contributed by atoms with E-state index < -0.39 is 24.2 Å². The average molecular weight is 262 g/mol. The van der Waals surface area contributed by atoms with E-state index in [1.165, 1.54) is 11.9 Å². The van der Waals surface area contributed by atoms with Crippen molar-refractivity contribution in [2.75, 3.05) is 33.4 Å². The summed E-state index contributed by atoms with van der Waals surface area (Å²) >= 11 is 0. The van der Waals surface area contributed by atoms with Crippen LogP contribution in [0.15, 0.2) is 0 Å². The largest absolute Gasteiger partial charge is 0.479 e. The summed E-state index contributed by atoms with van der Waals surface area (Å²) in [5, 5.41) is 18.5. The number of aliphatic hydroxyl groups is 1. The fourth-order valence-electron chi connectivity index (χ4n) is 1.66. The molecule has 104 valence electrons. The molecule has 0 spiro atoms. The molecule has 3 N–H and O–H groups in total. The van der Waals surface area contributed by atoms with Crippen molar-refractivity contribution in [2.45, 2.75) is 18.4 Å². The average Bonchev–Trinajstić information content (AvgIpc) is 2.28. The van der Waals surface area contributed by atoms with Gasteiger partial charge in [-0.3, -0.25) is 4.84 Å². The Morgan fingerprint density at radius 1 is 1.44 bits per heavy atom. The van der Waals surface area contributed by atoms with Gasteiger partial charge in [-0.1, -0.05) is 0 Å². The van der Waals surface area contributed by atoms with E-state index in [1.54, 1.807) is 0 Å². The van der Waals surface area contributed by atoms with Gasteiger partial charge in [-0.25, -0.2) is 15.1 Å². The lowest BCUT2D eigenvalue weighted by atomic mass is 9.94. The van der Waals surface area contributed by atoms with Crippen LogP contribution < -0.4 is 5.48 Å². The van der Waals surface area contributed by atoms with Crippen molar-refractivity contribution in [1.29, 1.82) is 0 Å². The number of carbonyl (C=O) groups is 2. The van der Waals surface area contributed by atoms with E-state index in [2.05, 4.69) is 4.84 Å². The molecule has 1 aliphatic heterocycles. The van der Waals surface area contributed by atoms with Crippen LogP contribution in [0.5, 0.6) is 0 Å². The van der Waals surface area contributed by atoms with E-state index in [1.807, 2.05) is 5.48 Å². The molecule has 0 radical (unpaired) electrons. The standard InChI is InChI=1S/C10H18N2O6/c1-12(9(15)11-18-6-8(13)14)7-10(16)2-4-17-5-3-10/h16H,2-7H2,1H3,(H,11,15)(H,13,14). The number of hydroxylamine groups is 1. The molecule has 0 bridgehead atoms. The molecule has 8 heteroatoms. The number of hydrogen-bond acceptors (Lipinski definition) is 5. The van der Waals surface area contributed by atoms with Crippen molar-refractivity contribution in [1.82, 2.24) is 10.4 Å². The molecule has 0 aromatic heterocycles. The Bertz CT molecular complexity index is 303. The van der Waals surface area contributed by atoms with Gasteiger partial charge < -0.3 is 19.8 Å². The van der Waals surface area contributed by atoms with Crippen LogP contribution in [0, 0.1) is 0 Å². The predicted molar refractivity (Wildman–Crippen MR) is 59.8 cm³/mol. The molecule has 1 saturated heterocycles. The van der Waals surface area contributed by atoms with Crippen molar-refractivity contribution in [3.05, 3.63) is 0 Å². The molecule has 1 fully saturated rings. The maximum atomic E-state index is 11.5. The summed E-state index contributed by atoms with van der Waals surface area (Å²) in [6.07, 6.45) is 0.918. The SMILES string of the molecule is CN(CC1(O)CCOCC1)C(=O)NOCC(=O)O. The second-order valence-corrected chi connectivity index (χ2v) is 4.28. The topological polar surface area (TPSA) is 108 Å². The zero-order valence-corrected chi connectivity index (χ0v) is 10.2. The highest BCUT2D eigenvalue weighted by Gasteiger charge is 2.32. The van der Waals surface area contributed by atoms with E-state index in [4.69, 9.17) is 9.84 Å². The van der Waals surface area contributed by atoms with Gasteiger partial charge in [-0.2, -0.15) is 0 Å². The number of ether oxygens (including phenoxy) is 1. The normalized spacial score (nSPS) is 18.1. The lowest BCUT2D eigenvalue weighted by Crippen LogP contribution is -2.49. The Kier molecular flexibility index (Phi) is 5.32. The zero-order chi connectivity index (χ0) is 13.6. The second kappa shape index (κ2) is 6.53. The van der Waals surface area contributed by atoms with Gasteiger partial charge in [0.1, 0.15) is 0 Å². The maximum Gasteiger partial charge on any atom is 0.341 e. The molecule has 18 heavy (non-hydrogen) atoms. The van der Waals surface area contributed by atoms with Crippen molar-refractivity contribution in [3.8, 4) is 0 Å². The number of carboxylic acids is 1. The first-order chi connectivity index (χ1) is 8.43. The molecule has 1 heterocycles. The summed E-state index contributed by atoms with van der Waals surface area (Å²) in [4.78, 5) is 27.4. The Hall–Kier alpha value is -1.38. The third kappa shape index (κ3) is 4.86. The lowest BCUT2D eigenvalue weighted by Gasteiger charge is -2.35. The fraction of sp³-hybridized carbons (Fsp3) is 0.800. The highest BCUT2D eigenvalue weighted by atomic mass is 16.7. The summed E-state index contributed by atoms with van der Waals surface area (Å²) in [5.74, 6) is -1.18. The smallest absolute Gasteiger partial charge is 0.341 e. The molecule has 0 atom stereocenters. The van der Waals surface area contributed by atoms with Crippen LogP contribution in [0.4, 0.5) is 4.79 Å². The molecule has 0 aromatic carbocycles. The van der Waals surface area contributed by atoms with Gasteiger partial charge in [0, 0.05) is 33.1 Å². The van der Waals surface area contributed by atoms with Crippen molar-refractivity contribution < 1.29 is 29.4 Å². The lowest BCUT2D eigenvalue weighted by molar-refractivity contribution is -0.144. The monoisotopic (exact) mass is 262 g/mol. The molecule has 2 amide bonds. The van der Waals surface area contributed by atoms with Crippen molar-refractivity contribution in [3.63, 3.8) is 0 Å². The first kappa shape index (κ1) is 14.7. The summed E-state index contributed by atoms with van der Waals surface area (Å²) < 4.78 is 5.13. The minimum absolute atomic E-state index is 0.138. The maximum absolute atomic E-state index is 11.5. The van der Waals surface area contributed by atoms with Crippen LogP contribution in [0.25, 0.3) is 0 Å². The third-order valence-electron chi connectivity index (χ3n) is 2.66. The molecule has 1 rings (SSSR count). The molecule has 1 aliphatic rings. The minimum atomic E-state index is -1.18. The Labute approximate surface area is 104 Å².